The van der Waals surface area contributed by atoms with Crippen LogP contribution in [0.25, 0.3) is 0 Å². The Morgan fingerprint density at radius 2 is 2.05 bits per heavy atom. The van der Waals surface area contributed by atoms with Crippen molar-refractivity contribution in [3.05, 3.63) is 23.8 Å². The molecule has 2 rings (SSSR count). The third kappa shape index (κ3) is 3.93. The molecule has 1 aliphatic carbocycles. The Labute approximate surface area is 127 Å². The lowest BCUT2D eigenvalue weighted by Gasteiger charge is -2.26. The molecule has 0 heterocycles. The van der Waals surface area contributed by atoms with E-state index in [0.29, 0.717) is 0 Å². The van der Waals surface area contributed by atoms with Gasteiger partial charge in [-0.1, -0.05) is 32.8 Å². The van der Waals surface area contributed by atoms with Gasteiger partial charge in [-0.3, -0.25) is 0 Å². The highest BCUT2D eigenvalue weighted by Gasteiger charge is 2.18. The smallest absolute Gasteiger partial charge is 0.102 e. The SMILES string of the molecule is CCSc1cccc(NCC2CCC(C)CC2)c1C#N. The Bertz CT molecular complexity index is 470. The first-order valence-electron chi connectivity index (χ1n) is 7.64. The van der Waals surface area contributed by atoms with Crippen LogP contribution in [0.5, 0.6) is 0 Å². The molecule has 1 N–H and O–H groups in total. The van der Waals surface area contributed by atoms with E-state index in [2.05, 4.69) is 25.2 Å². The van der Waals surface area contributed by atoms with Crippen LogP contribution in [0.1, 0.15) is 45.1 Å². The van der Waals surface area contributed by atoms with Crippen LogP contribution in [-0.4, -0.2) is 12.3 Å². The van der Waals surface area contributed by atoms with Gasteiger partial charge in [-0.15, -0.1) is 11.8 Å². The minimum Gasteiger partial charge on any atom is -0.384 e. The Kier molecular flexibility index (Phi) is 5.79. The summed E-state index contributed by atoms with van der Waals surface area (Å²) in [5.74, 6) is 2.66. The second-order valence-corrected chi connectivity index (χ2v) is 7.04. The van der Waals surface area contributed by atoms with Gasteiger partial charge in [-0.25, -0.2) is 0 Å². The minimum atomic E-state index is 0.764. The van der Waals surface area contributed by atoms with Gasteiger partial charge in [-0.2, -0.15) is 5.26 Å². The van der Waals surface area contributed by atoms with E-state index < -0.39 is 0 Å². The van der Waals surface area contributed by atoms with Crippen molar-refractivity contribution in [1.29, 1.82) is 5.26 Å². The minimum absolute atomic E-state index is 0.764. The van der Waals surface area contributed by atoms with E-state index in [1.54, 1.807) is 11.8 Å². The predicted octanol–water partition coefficient (Wildman–Crippen LogP) is 4.91. The average molecular weight is 288 g/mol. The summed E-state index contributed by atoms with van der Waals surface area (Å²) in [6, 6.07) is 8.48. The zero-order chi connectivity index (χ0) is 14.4. The van der Waals surface area contributed by atoms with Crippen molar-refractivity contribution >= 4 is 17.4 Å². The number of nitrogens with one attached hydrogen (secondary N) is 1. The second-order valence-electron chi connectivity index (χ2n) is 5.73. The number of anilines is 1. The third-order valence-electron chi connectivity index (χ3n) is 4.15. The lowest BCUT2D eigenvalue weighted by atomic mass is 9.83. The number of nitrogens with zero attached hydrogens (tertiary/aromatic N) is 1. The highest BCUT2D eigenvalue weighted by molar-refractivity contribution is 7.99. The summed E-state index contributed by atoms with van der Waals surface area (Å²) in [6.07, 6.45) is 5.34. The van der Waals surface area contributed by atoms with Gasteiger partial charge in [0.25, 0.3) is 0 Å². The summed E-state index contributed by atoms with van der Waals surface area (Å²) in [4.78, 5) is 1.09. The molecule has 1 aliphatic rings. The van der Waals surface area contributed by atoms with E-state index in [1.807, 2.05) is 18.2 Å². The molecule has 0 atom stereocenters. The molecule has 0 saturated heterocycles. The molecular weight excluding hydrogens is 264 g/mol. The number of nitriles is 1. The molecule has 0 spiro atoms. The maximum absolute atomic E-state index is 9.39. The number of benzene rings is 1. The van der Waals surface area contributed by atoms with Gasteiger partial charge in [0.2, 0.25) is 0 Å². The second kappa shape index (κ2) is 7.59. The Morgan fingerprint density at radius 1 is 1.30 bits per heavy atom. The summed E-state index contributed by atoms with van der Waals surface area (Å²) in [5, 5.41) is 12.9. The van der Waals surface area contributed by atoms with Crippen LogP contribution in [0.4, 0.5) is 5.69 Å². The van der Waals surface area contributed by atoms with Crippen LogP contribution in [0.2, 0.25) is 0 Å². The third-order valence-corrected chi connectivity index (χ3v) is 5.09. The Hall–Kier alpha value is -1.14. The lowest BCUT2D eigenvalue weighted by Crippen LogP contribution is -2.20. The highest BCUT2D eigenvalue weighted by atomic mass is 32.2. The van der Waals surface area contributed by atoms with E-state index >= 15 is 0 Å². The lowest BCUT2D eigenvalue weighted by molar-refractivity contribution is 0.300. The molecular formula is C17H24N2S. The van der Waals surface area contributed by atoms with Crippen LogP contribution in [0, 0.1) is 23.2 Å². The van der Waals surface area contributed by atoms with Crippen molar-refractivity contribution in [2.75, 3.05) is 17.6 Å². The van der Waals surface area contributed by atoms with Crippen LogP contribution < -0.4 is 5.32 Å². The quantitative estimate of drug-likeness (QED) is 0.782. The van der Waals surface area contributed by atoms with Gasteiger partial charge in [0.05, 0.1) is 11.3 Å². The number of rotatable bonds is 5. The Morgan fingerprint density at radius 3 is 2.70 bits per heavy atom. The molecule has 0 amide bonds. The van der Waals surface area contributed by atoms with Gasteiger partial charge in [0, 0.05) is 11.4 Å². The number of thioether (sulfide) groups is 1. The first-order chi connectivity index (χ1) is 9.74. The summed E-state index contributed by atoms with van der Waals surface area (Å²) >= 11 is 1.74. The number of hydrogen-bond donors (Lipinski definition) is 1. The van der Waals surface area contributed by atoms with E-state index in [1.165, 1.54) is 25.7 Å². The molecule has 108 valence electrons. The van der Waals surface area contributed by atoms with Gasteiger partial charge >= 0.3 is 0 Å². The maximum atomic E-state index is 9.39. The zero-order valence-electron chi connectivity index (χ0n) is 12.5. The molecule has 0 aliphatic heterocycles. The fraction of sp³-hybridized carbons (Fsp3) is 0.588. The van der Waals surface area contributed by atoms with Crippen LogP contribution in [-0.2, 0) is 0 Å². The maximum Gasteiger partial charge on any atom is 0.102 e. The van der Waals surface area contributed by atoms with Gasteiger partial charge in [-0.05, 0) is 42.6 Å². The van der Waals surface area contributed by atoms with Gasteiger partial charge in [0.15, 0.2) is 0 Å². The first-order valence-corrected chi connectivity index (χ1v) is 8.63. The molecule has 1 fully saturated rings. The largest absolute Gasteiger partial charge is 0.384 e. The highest BCUT2D eigenvalue weighted by Crippen LogP contribution is 2.31. The summed E-state index contributed by atoms with van der Waals surface area (Å²) in [5.41, 5.74) is 1.81. The van der Waals surface area contributed by atoms with E-state index in [0.717, 1.165) is 40.3 Å². The summed E-state index contributed by atoms with van der Waals surface area (Å²) in [7, 11) is 0. The molecule has 1 aromatic carbocycles. The Balaban J connectivity index is 1.99. The first kappa shape index (κ1) is 15.3. The standard InChI is InChI=1S/C17H24N2S/c1-3-20-17-6-4-5-16(15(17)11-18)19-12-14-9-7-13(2)8-10-14/h4-6,13-14,19H,3,7-10,12H2,1-2H3. The molecule has 0 unspecified atom stereocenters. The molecule has 1 saturated carbocycles. The number of hydrogen-bond acceptors (Lipinski definition) is 3. The monoisotopic (exact) mass is 288 g/mol. The van der Waals surface area contributed by atoms with Gasteiger partial charge in [0.1, 0.15) is 6.07 Å². The topological polar surface area (TPSA) is 35.8 Å². The van der Waals surface area contributed by atoms with E-state index in [9.17, 15) is 5.26 Å². The molecule has 0 bridgehead atoms. The molecule has 1 aromatic rings. The van der Waals surface area contributed by atoms with Crippen molar-refractivity contribution in [1.82, 2.24) is 0 Å². The van der Waals surface area contributed by atoms with Crippen molar-refractivity contribution < 1.29 is 0 Å². The fourth-order valence-electron chi connectivity index (χ4n) is 2.86. The fourth-order valence-corrected chi connectivity index (χ4v) is 3.64. The van der Waals surface area contributed by atoms with Crippen molar-refractivity contribution in [2.24, 2.45) is 11.8 Å². The van der Waals surface area contributed by atoms with E-state index in [4.69, 9.17) is 0 Å². The normalized spacial score (nSPS) is 22.2. The average Bonchev–Trinajstić information content (AvgIpc) is 2.47. The molecule has 2 nitrogen and oxygen atoms in total. The van der Waals surface area contributed by atoms with Crippen LogP contribution in [0.3, 0.4) is 0 Å². The van der Waals surface area contributed by atoms with Crippen molar-refractivity contribution in [3.8, 4) is 6.07 Å². The van der Waals surface area contributed by atoms with Gasteiger partial charge < -0.3 is 5.32 Å². The van der Waals surface area contributed by atoms with Crippen LogP contribution >= 0.6 is 11.8 Å². The summed E-state index contributed by atoms with van der Waals surface area (Å²) in [6.45, 7) is 5.47. The predicted molar refractivity (Wildman–Crippen MR) is 87.2 cm³/mol. The van der Waals surface area contributed by atoms with Crippen molar-refractivity contribution in [2.45, 2.75) is 44.4 Å². The van der Waals surface area contributed by atoms with Crippen LogP contribution in [0.15, 0.2) is 23.1 Å². The summed E-state index contributed by atoms with van der Waals surface area (Å²) < 4.78 is 0. The molecule has 20 heavy (non-hydrogen) atoms. The zero-order valence-corrected chi connectivity index (χ0v) is 13.3. The van der Waals surface area contributed by atoms with Crippen molar-refractivity contribution in [3.63, 3.8) is 0 Å². The molecule has 0 radical (unpaired) electrons. The molecule has 3 heteroatoms. The molecule has 0 aromatic heterocycles. The van der Waals surface area contributed by atoms with E-state index in [-0.39, 0.29) is 0 Å².